The molecule has 1 aliphatic rings. The van der Waals surface area contributed by atoms with Gasteiger partial charge in [-0.25, -0.2) is 0 Å². The number of aliphatic hydroxyl groups excluding tert-OH is 1. The molecule has 3 N–H and O–H groups in total. The van der Waals surface area contributed by atoms with Crippen LogP contribution < -0.4 is 5.73 Å². The Morgan fingerprint density at radius 3 is 2.56 bits per heavy atom. The fourth-order valence-corrected chi connectivity index (χ4v) is 3.02. The van der Waals surface area contributed by atoms with Crippen molar-refractivity contribution in [2.24, 2.45) is 5.73 Å². The average molecular weight is 228 g/mol. The molecule has 2 unspecified atom stereocenters. The van der Waals surface area contributed by atoms with Crippen molar-refractivity contribution in [3.63, 3.8) is 0 Å². The molecule has 1 rings (SSSR count). The van der Waals surface area contributed by atoms with Gasteiger partial charge in [-0.1, -0.05) is 13.8 Å². The number of nitrogens with two attached hydrogens (primary N) is 1. The van der Waals surface area contributed by atoms with E-state index in [9.17, 15) is 5.11 Å². The van der Waals surface area contributed by atoms with E-state index in [1.54, 1.807) is 0 Å². The maximum atomic E-state index is 9.36. The first-order chi connectivity index (χ1) is 7.56. The first-order valence-electron chi connectivity index (χ1n) is 6.68. The quantitative estimate of drug-likeness (QED) is 0.753. The number of nitrogens with zero attached hydrogens (tertiary/aromatic N) is 1. The Morgan fingerprint density at radius 1 is 1.44 bits per heavy atom. The lowest BCUT2D eigenvalue weighted by Crippen LogP contribution is -2.54. The van der Waals surface area contributed by atoms with Gasteiger partial charge in [0.2, 0.25) is 0 Å². The highest BCUT2D eigenvalue weighted by Crippen LogP contribution is 2.30. The van der Waals surface area contributed by atoms with Gasteiger partial charge in [0.05, 0.1) is 6.61 Å². The summed E-state index contributed by atoms with van der Waals surface area (Å²) in [7, 11) is 2.21. The lowest BCUT2D eigenvalue weighted by atomic mass is 9.79. The van der Waals surface area contributed by atoms with Crippen LogP contribution in [0.1, 0.15) is 52.4 Å². The third-order valence-corrected chi connectivity index (χ3v) is 4.26. The minimum atomic E-state index is -0.330. The molecule has 0 aliphatic heterocycles. The fraction of sp³-hybridized carbons (Fsp3) is 1.00. The van der Waals surface area contributed by atoms with E-state index in [1.807, 2.05) is 0 Å². The van der Waals surface area contributed by atoms with Crippen LogP contribution in [-0.2, 0) is 0 Å². The third-order valence-electron chi connectivity index (χ3n) is 4.26. The molecule has 1 saturated carbocycles. The Morgan fingerprint density at radius 2 is 2.06 bits per heavy atom. The van der Waals surface area contributed by atoms with Gasteiger partial charge in [-0.05, 0) is 45.6 Å². The Balaban J connectivity index is 2.59. The maximum Gasteiger partial charge on any atom is 0.0611 e. The zero-order valence-corrected chi connectivity index (χ0v) is 11.1. The molecule has 3 nitrogen and oxygen atoms in total. The molecule has 1 fully saturated rings. The lowest BCUT2D eigenvalue weighted by molar-refractivity contribution is 0.0698. The van der Waals surface area contributed by atoms with Crippen LogP contribution in [0.2, 0.25) is 0 Å². The Hall–Kier alpha value is -0.120. The standard InChI is InChI=1S/C13H28N2O/c1-4-11(5-2)15(3)12-7-6-8-13(14,9-12)10-16/h11-12,16H,4-10,14H2,1-3H3. The molecule has 0 heterocycles. The van der Waals surface area contributed by atoms with Crippen LogP contribution in [-0.4, -0.2) is 41.3 Å². The Kier molecular flexibility index (Phi) is 5.22. The van der Waals surface area contributed by atoms with E-state index >= 15 is 0 Å². The zero-order valence-electron chi connectivity index (χ0n) is 11.1. The molecule has 0 aromatic heterocycles. The number of hydrogen-bond acceptors (Lipinski definition) is 3. The van der Waals surface area contributed by atoms with Crippen LogP contribution in [0.3, 0.4) is 0 Å². The molecular weight excluding hydrogens is 200 g/mol. The highest BCUT2D eigenvalue weighted by molar-refractivity contribution is 4.94. The average Bonchev–Trinajstić information content (AvgIpc) is 2.30. The first kappa shape index (κ1) is 13.9. The minimum absolute atomic E-state index is 0.125. The summed E-state index contributed by atoms with van der Waals surface area (Å²) < 4.78 is 0. The molecule has 0 saturated heterocycles. The van der Waals surface area contributed by atoms with Gasteiger partial charge in [0.25, 0.3) is 0 Å². The molecule has 0 aromatic rings. The van der Waals surface area contributed by atoms with Gasteiger partial charge >= 0.3 is 0 Å². The van der Waals surface area contributed by atoms with Crippen molar-refractivity contribution >= 4 is 0 Å². The van der Waals surface area contributed by atoms with E-state index < -0.39 is 0 Å². The van der Waals surface area contributed by atoms with Gasteiger partial charge in [-0.3, -0.25) is 0 Å². The van der Waals surface area contributed by atoms with Gasteiger partial charge in [-0.15, -0.1) is 0 Å². The highest BCUT2D eigenvalue weighted by Gasteiger charge is 2.35. The van der Waals surface area contributed by atoms with Crippen molar-refractivity contribution in [2.45, 2.75) is 70.0 Å². The molecule has 0 radical (unpaired) electrons. The SMILES string of the molecule is CCC(CC)N(C)C1CCCC(N)(CO)C1. The molecule has 2 atom stereocenters. The van der Waals surface area contributed by atoms with Gasteiger partial charge < -0.3 is 15.7 Å². The molecule has 16 heavy (non-hydrogen) atoms. The summed E-state index contributed by atoms with van der Waals surface area (Å²) in [6, 6.07) is 1.21. The van der Waals surface area contributed by atoms with Crippen molar-refractivity contribution < 1.29 is 5.11 Å². The lowest BCUT2D eigenvalue weighted by Gasteiger charge is -2.43. The second-order valence-electron chi connectivity index (χ2n) is 5.41. The Bertz CT molecular complexity index is 206. The van der Waals surface area contributed by atoms with E-state index in [2.05, 4.69) is 25.8 Å². The van der Waals surface area contributed by atoms with E-state index in [1.165, 1.54) is 19.3 Å². The van der Waals surface area contributed by atoms with Crippen molar-refractivity contribution in [3.05, 3.63) is 0 Å². The molecule has 0 amide bonds. The smallest absolute Gasteiger partial charge is 0.0611 e. The van der Waals surface area contributed by atoms with Crippen molar-refractivity contribution in [1.29, 1.82) is 0 Å². The molecule has 96 valence electrons. The predicted octanol–water partition coefficient (Wildman–Crippen LogP) is 1.74. The monoisotopic (exact) mass is 228 g/mol. The zero-order chi connectivity index (χ0) is 12.2. The van der Waals surface area contributed by atoms with Crippen LogP contribution in [0.4, 0.5) is 0 Å². The van der Waals surface area contributed by atoms with E-state index in [0.29, 0.717) is 12.1 Å². The van der Waals surface area contributed by atoms with E-state index in [-0.39, 0.29) is 12.1 Å². The van der Waals surface area contributed by atoms with Crippen LogP contribution in [0.5, 0.6) is 0 Å². The molecule has 0 aromatic carbocycles. The number of aliphatic hydroxyl groups is 1. The maximum absolute atomic E-state index is 9.36. The summed E-state index contributed by atoms with van der Waals surface area (Å²) in [6.07, 6.45) is 6.67. The minimum Gasteiger partial charge on any atom is -0.394 e. The van der Waals surface area contributed by atoms with Crippen LogP contribution in [0, 0.1) is 0 Å². The van der Waals surface area contributed by atoms with Gasteiger partial charge in [-0.2, -0.15) is 0 Å². The van der Waals surface area contributed by atoms with Crippen molar-refractivity contribution in [3.8, 4) is 0 Å². The van der Waals surface area contributed by atoms with Crippen LogP contribution >= 0.6 is 0 Å². The van der Waals surface area contributed by atoms with Gasteiger partial charge in [0.1, 0.15) is 0 Å². The molecule has 0 bridgehead atoms. The van der Waals surface area contributed by atoms with Gasteiger partial charge in [0, 0.05) is 17.6 Å². The van der Waals surface area contributed by atoms with Crippen LogP contribution in [0.15, 0.2) is 0 Å². The van der Waals surface area contributed by atoms with E-state index in [4.69, 9.17) is 5.73 Å². The summed E-state index contributed by atoms with van der Waals surface area (Å²) in [5.74, 6) is 0. The van der Waals surface area contributed by atoms with E-state index in [0.717, 1.165) is 19.3 Å². The Labute approximate surface area is 100 Å². The highest BCUT2D eigenvalue weighted by atomic mass is 16.3. The second kappa shape index (κ2) is 5.99. The fourth-order valence-electron chi connectivity index (χ4n) is 3.02. The largest absolute Gasteiger partial charge is 0.394 e. The topological polar surface area (TPSA) is 49.5 Å². The van der Waals surface area contributed by atoms with Gasteiger partial charge in [0.15, 0.2) is 0 Å². The second-order valence-corrected chi connectivity index (χ2v) is 5.41. The van der Waals surface area contributed by atoms with Crippen LogP contribution in [0.25, 0.3) is 0 Å². The summed E-state index contributed by atoms with van der Waals surface area (Å²) >= 11 is 0. The molecule has 0 spiro atoms. The third kappa shape index (κ3) is 3.19. The molecule has 3 heteroatoms. The number of hydrogen-bond donors (Lipinski definition) is 2. The molecule has 1 aliphatic carbocycles. The first-order valence-corrected chi connectivity index (χ1v) is 6.68. The predicted molar refractivity (Wildman–Crippen MR) is 68.4 cm³/mol. The summed E-state index contributed by atoms with van der Waals surface area (Å²) in [5.41, 5.74) is 5.86. The molecular formula is C13H28N2O. The summed E-state index contributed by atoms with van der Waals surface area (Å²) in [4.78, 5) is 2.48. The summed E-state index contributed by atoms with van der Waals surface area (Å²) in [6.45, 7) is 4.62. The summed E-state index contributed by atoms with van der Waals surface area (Å²) in [5, 5.41) is 9.36. The van der Waals surface area contributed by atoms with Crippen molar-refractivity contribution in [2.75, 3.05) is 13.7 Å². The normalized spacial score (nSPS) is 31.3. The van der Waals surface area contributed by atoms with Crippen molar-refractivity contribution in [1.82, 2.24) is 4.90 Å². The number of rotatable bonds is 5.